The lowest BCUT2D eigenvalue weighted by molar-refractivity contribution is 0.571. The zero-order valence-electron chi connectivity index (χ0n) is 5.52. The summed E-state index contributed by atoms with van der Waals surface area (Å²) in [5.74, 6) is 0.490. The summed E-state index contributed by atoms with van der Waals surface area (Å²) < 4.78 is 0. The Balaban J connectivity index is 3.63. The smallest absolute Gasteiger partial charge is 0.0322 e. The van der Waals surface area contributed by atoms with Crippen molar-refractivity contribution >= 4 is 0 Å². The fourth-order valence-corrected chi connectivity index (χ4v) is 0.329. The van der Waals surface area contributed by atoms with Crippen molar-refractivity contribution in [3.63, 3.8) is 0 Å². The highest BCUT2D eigenvalue weighted by atomic mass is 14.6. The molecule has 0 unspecified atom stereocenters. The van der Waals surface area contributed by atoms with E-state index in [2.05, 4.69) is 26.2 Å². The topological polar surface area (TPSA) is 26.0 Å². The SMILES string of the molecule is C=C=C[C@@H](N)C(C)C. The molecule has 0 heterocycles. The van der Waals surface area contributed by atoms with Gasteiger partial charge in [0.15, 0.2) is 0 Å². The molecule has 0 aromatic carbocycles. The molecule has 0 fully saturated rings. The Morgan fingerprint density at radius 1 is 1.62 bits per heavy atom. The largest absolute Gasteiger partial charge is 0.324 e. The number of nitrogens with two attached hydrogens (primary N) is 1. The first-order valence-corrected chi connectivity index (χ1v) is 2.80. The molecule has 1 nitrogen and oxygen atoms in total. The summed E-state index contributed by atoms with van der Waals surface area (Å²) in [7, 11) is 0. The van der Waals surface area contributed by atoms with Crippen LogP contribution in [0.4, 0.5) is 0 Å². The average Bonchev–Trinajstić information content (AvgIpc) is 1.67. The van der Waals surface area contributed by atoms with E-state index in [1.54, 1.807) is 6.08 Å². The van der Waals surface area contributed by atoms with Gasteiger partial charge in [-0.1, -0.05) is 20.4 Å². The van der Waals surface area contributed by atoms with Crippen molar-refractivity contribution in [1.82, 2.24) is 0 Å². The Kier molecular flexibility index (Phi) is 3.25. The van der Waals surface area contributed by atoms with Crippen LogP contribution in [-0.2, 0) is 0 Å². The third-order valence-corrected chi connectivity index (χ3v) is 1.08. The van der Waals surface area contributed by atoms with Gasteiger partial charge < -0.3 is 5.73 Å². The van der Waals surface area contributed by atoms with E-state index in [4.69, 9.17) is 5.73 Å². The molecule has 0 saturated carbocycles. The minimum absolute atomic E-state index is 0.118. The quantitative estimate of drug-likeness (QED) is 0.534. The maximum absolute atomic E-state index is 5.57. The van der Waals surface area contributed by atoms with Crippen molar-refractivity contribution in [3.8, 4) is 0 Å². The van der Waals surface area contributed by atoms with Gasteiger partial charge in [0.25, 0.3) is 0 Å². The number of hydrogen-bond donors (Lipinski definition) is 1. The Morgan fingerprint density at radius 3 is 2.25 bits per heavy atom. The molecule has 8 heavy (non-hydrogen) atoms. The van der Waals surface area contributed by atoms with Crippen molar-refractivity contribution in [2.24, 2.45) is 11.7 Å². The van der Waals surface area contributed by atoms with Crippen LogP contribution in [0.15, 0.2) is 18.4 Å². The Morgan fingerprint density at radius 2 is 2.12 bits per heavy atom. The van der Waals surface area contributed by atoms with E-state index < -0.39 is 0 Å². The molecule has 46 valence electrons. The van der Waals surface area contributed by atoms with Gasteiger partial charge in [0.05, 0.1) is 0 Å². The van der Waals surface area contributed by atoms with Gasteiger partial charge in [-0.3, -0.25) is 0 Å². The molecule has 0 aromatic rings. The second-order valence-electron chi connectivity index (χ2n) is 2.19. The van der Waals surface area contributed by atoms with E-state index in [1.807, 2.05) is 0 Å². The fourth-order valence-electron chi connectivity index (χ4n) is 0.329. The van der Waals surface area contributed by atoms with Gasteiger partial charge in [-0.2, -0.15) is 0 Å². The molecule has 0 spiro atoms. The van der Waals surface area contributed by atoms with Gasteiger partial charge in [0.2, 0.25) is 0 Å². The Bertz CT molecular complexity index is 99.0. The standard InChI is InChI=1S/C7H13N/c1-4-5-7(8)6(2)3/h5-7H,1,8H2,2-3H3/t7-/m1/s1. The van der Waals surface area contributed by atoms with E-state index in [9.17, 15) is 0 Å². The van der Waals surface area contributed by atoms with E-state index in [1.165, 1.54) is 0 Å². The van der Waals surface area contributed by atoms with Crippen LogP contribution in [0.1, 0.15) is 13.8 Å². The molecule has 0 saturated heterocycles. The van der Waals surface area contributed by atoms with Gasteiger partial charge in [-0.05, 0) is 12.0 Å². The van der Waals surface area contributed by atoms with E-state index in [0.29, 0.717) is 5.92 Å². The molecule has 0 aromatic heterocycles. The van der Waals surface area contributed by atoms with Crippen molar-refractivity contribution in [2.75, 3.05) is 0 Å². The monoisotopic (exact) mass is 111 g/mol. The van der Waals surface area contributed by atoms with Crippen LogP contribution in [0, 0.1) is 5.92 Å². The summed E-state index contributed by atoms with van der Waals surface area (Å²) in [4.78, 5) is 0. The van der Waals surface area contributed by atoms with Crippen LogP contribution in [0.25, 0.3) is 0 Å². The molecule has 0 radical (unpaired) electrons. The Labute approximate surface area is 50.9 Å². The highest BCUT2D eigenvalue weighted by molar-refractivity contribution is 4.89. The summed E-state index contributed by atoms with van der Waals surface area (Å²) in [5.41, 5.74) is 8.22. The summed E-state index contributed by atoms with van der Waals surface area (Å²) >= 11 is 0. The predicted octanol–water partition coefficient (Wildman–Crippen LogP) is 1.31. The lowest BCUT2D eigenvalue weighted by Gasteiger charge is -2.07. The molecule has 1 atom stereocenters. The van der Waals surface area contributed by atoms with Crippen LogP contribution < -0.4 is 5.73 Å². The zero-order chi connectivity index (χ0) is 6.57. The number of rotatable bonds is 2. The lowest BCUT2D eigenvalue weighted by atomic mass is 10.1. The molecule has 0 aliphatic carbocycles. The average molecular weight is 111 g/mol. The fraction of sp³-hybridized carbons (Fsp3) is 0.571. The third kappa shape index (κ3) is 2.62. The second kappa shape index (κ2) is 3.48. The van der Waals surface area contributed by atoms with E-state index in [0.717, 1.165) is 0 Å². The van der Waals surface area contributed by atoms with Gasteiger partial charge in [-0.15, -0.1) is 5.73 Å². The first-order chi connectivity index (χ1) is 3.68. The Hall–Kier alpha value is -0.520. The van der Waals surface area contributed by atoms with Gasteiger partial charge >= 0.3 is 0 Å². The number of hydrogen-bond acceptors (Lipinski definition) is 1. The normalized spacial score (nSPS) is 13.0. The molecule has 0 amide bonds. The predicted molar refractivity (Wildman–Crippen MR) is 36.5 cm³/mol. The van der Waals surface area contributed by atoms with Crippen LogP contribution >= 0.6 is 0 Å². The van der Waals surface area contributed by atoms with Crippen molar-refractivity contribution < 1.29 is 0 Å². The van der Waals surface area contributed by atoms with Crippen LogP contribution in [-0.4, -0.2) is 6.04 Å². The summed E-state index contributed by atoms with van der Waals surface area (Å²) in [6.45, 7) is 7.56. The van der Waals surface area contributed by atoms with Crippen LogP contribution in [0.2, 0.25) is 0 Å². The molecule has 1 heteroatoms. The van der Waals surface area contributed by atoms with Crippen molar-refractivity contribution in [3.05, 3.63) is 18.4 Å². The van der Waals surface area contributed by atoms with Gasteiger partial charge in [0.1, 0.15) is 0 Å². The lowest BCUT2D eigenvalue weighted by Crippen LogP contribution is -2.22. The maximum atomic E-state index is 5.57. The maximum Gasteiger partial charge on any atom is 0.0322 e. The molecule has 0 bridgehead atoms. The van der Waals surface area contributed by atoms with Crippen molar-refractivity contribution in [2.45, 2.75) is 19.9 Å². The molecule has 0 aliphatic rings. The zero-order valence-corrected chi connectivity index (χ0v) is 5.52. The van der Waals surface area contributed by atoms with Gasteiger partial charge in [0, 0.05) is 6.04 Å². The molecular formula is C7H13N. The first-order valence-electron chi connectivity index (χ1n) is 2.80. The minimum atomic E-state index is 0.118. The highest BCUT2D eigenvalue weighted by Crippen LogP contribution is 1.97. The van der Waals surface area contributed by atoms with Crippen molar-refractivity contribution in [1.29, 1.82) is 0 Å². The minimum Gasteiger partial charge on any atom is -0.324 e. The molecule has 2 N–H and O–H groups in total. The molecular weight excluding hydrogens is 98.1 g/mol. The third-order valence-electron chi connectivity index (χ3n) is 1.08. The van der Waals surface area contributed by atoms with Crippen LogP contribution in [0.3, 0.4) is 0 Å². The van der Waals surface area contributed by atoms with Crippen LogP contribution in [0.5, 0.6) is 0 Å². The molecule has 0 aliphatic heterocycles. The molecule has 0 rings (SSSR count). The van der Waals surface area contributed by atoms with E-state index in [-0.39, 0.29) is 6.04 Å². The first kappa shape index (κ1) is 7.48. The van der Waals surface area contributed by atoms with Gasteiger partial charge in [-0.25, -0.2) is 0 Å². The highest BCUT2D eigenvalue weighted by Gasteiger charge is 1.99. The summed E-state index contributed by atoms with van der Waals surface area (Å²) in [6.07, 6.45) is 1.78. The summed E-state index contributed by atoms with van der Waals surface area (Å²) in [6, 6.07) is 0.118. The summed E-state index contributed by atoms with van der Waals surface area (Å²) in [5, 5.41) is 0. The van der Waals surface area contributed by atoms with E-state index >= 15 is 0 Å². The second-order valence-corrected chi connectivity index (χ2v) is 2.19.